The first kappa shape index (κ1) is 16.7. The zero-order chi connectivity index (χ0) is 17.6. The van der Waals surface area contributed by atoms with Crippen molar-refractivity contribution in [1.29, 1.82) is 0 Å². The van der Waals surface area contributed by atoms with Gasteiger partial charge in [-0.3, -0.25) is 0 Å². The van der Waals surface area contributed by atoms with Gasteiger partial charge in [-0.15, -0.1) is 0 Å². The summed E-state index contributed by atoms with van der Waals surface area (Å²) in [6.07, 6.45) is 0. The van der Waals surface area contributed by atoms with Gasteiger partial charge < -0.3 is 10.2 Å². The molecule has 2 amide bonds. The Balaban J connectivity index is 1.90. The molecular weight excluding hydrogens is 315 g/mol. The molecule has 1 atom stereocenters. The minimum Gasteiger partial charge on any atom is -0.316 e. The number of urea groups is 1. The Bertz CT molecular complexity index is 820. The number of nitrogens with zero attached hydrogens (tertiary/aromatic N) is 1. The minimum absolute atomic E-state index is 0.232. The Hall–Kier alpha value is -3.14. The average Bonchev–Trinajstić information content (AvgIpc) is 2.65. The molecule has 0 aliphatic rings. The van der Waals surface area contributed by atoms with Gasteiger partial charge in [0.15, 0.2) is 0 Å². The van der Waals surface area contributed by atoms with Gasteiger partial charge in [0, 0.05) is 12.7 Å². The van der Waals surface area contributed by atoms with E-state index >= 15 is 0 Å². The lowest BCUT2D eigenvalue weighted by Crippen LogP contribution is -2.35. The van der Waals surface area contributed by atoms with Gasteiger partial charge in [-0.2, -0.15) is 0 Å². The molecule has 0 aromatic heterocycles. The van der Waals surface area contributed by atoms with Gasteiger partial charge in [0.25, 0.3) is 0 Å². The summed E-state index contributed by atoms with van der Waals surface area (Å²) >= 11 is 0. The van der Waals surface area contributed by atoms with Crippen LogP contribution in [-0.4, -0.2) is 18.0 Å². The number of amides is 2. The highest BCUT2D eigenvalue weighted by Crippen LogP contribution is 2.28. The van der Waals surface area contributed by atoms with Crippen LogP contribution in [0.15, 0.2) is 84.9 Å². The van der Waals surface area contributed by atoms with Crippen LogP contribution in [0.3, 0.4) is 0 Å². The van der Waals surface area contributed by atoms with Crippen LogP contribution in [0.4, 0.5) is 14.9 Å². The Morgan fingerprint density at radius 1 is 0.840 bits per heavy atom. The van der Waals surface area contributed by atoms with Crippen LogP contribution < -0.4 is 5.32 Å². The standard InChI is InChI=1S/C21H19FN2O/c1-24(21(25)23-19-10-6-3-7-11-19)20(16-8-4-2-5-9-16)17-12-14-18(22)15-13-17/h2-15,20H,1H3,(H,23,25)/t20-/m1/s1. The van der Waals surface area contributed by atoms with Gasteiger partial charge in [-0.05, 0) is 35.4 Å². The molecule has 0 heterocycles. The first-order chi connectivity index (χ1) is 12.1. The Morgan fingerprint density at radius 3 is 1.96 bits per heavy atom. The van der Waals surface area contributed by atoms with Crippen molar-refractivity contribution in [2.75, 3.05) is 12.4 Å². The fraction of sp³-hybridized carbons (Fsp3) is 0.0952. The second-order valence-corrected chi connectivity index (χ2v) is 5.77. The topological polar surface area (TPSA) is 32.3 Å². The van der Waals surface area contributed by atoms with E-state index in [1.165, 1.54) is 12.1 Å². The maximum absolute atomic E-state index is 13.3. The van der Waals surface area contributed by atoms with Crippen LogP contribution in [0.2, 0.25) is 0 Å². The van der Waals surface area contributed by atoms with Crippen molar-refractivity contribution in [1.82, 2.24) is 4.90 Å². The van der Waals surface area contributed by atoms with Crippen LogP contribution >= 0.6 is 0 Å². The highest BCUT2D eigenvalue weighted by molar-refractivity contribution is 5.89. The van der Waals surface area contributed by atoms with Gasteiger partial charge in [0.1, 0.15) is 5.82 Å². The quantitative estimate of drug-likeness (QED) is 0.709. The summed E-state index contributed by atoms with van der Waals surface area (Å²) in [5, 5.41) is 2.89. The predicted molar refractivity (Wildman–Crippen MR) is 97.9 cm³/mol. The second-order valence-electron chi connectivity index (χ2n) is 5.77. The van der Waals surface area contributed by atoms with Crippen molar-refractivity contribution in [2.24, 2.45) is 0 Å². The molecule has 3 aromatic carbocycles. The van der Waals surface area contributed by atoms with Gasteiger partial charge in [0.05, 0.1) is 6.04 Å². The maximum atomic E-state index is 13.3. The SMILES string of the molecule is CN(C(=O)Nc1ccccc1)[C@H](c1ccccc1)c1ccc(F)cc1. The third kappa shape index (κ3) is 4.04. The Morgan fingerprint density at radius 2 is 1.36 bits per heavy atom. The maximum Gasteiger partial charge on any atom is 0.322 e. The van der Waals surface area contributed by atoms with Gasteiger partial charge in [-0.1, -0.05) is 60.7 Å². The number of carbonyl (C=O) groups is 1. The summed E-state index contributed by atoms with van der Waals surface area (Å²) in [4.78, 5) is 14.3. The second kappa shape index (κ2) is 7.62. The molecule has 3 rings (SSSR count). The molecule has 0 saturated carbocycles. The number of para-hydroxylation sites is 1. The summed E-state index contributed by atoms with van der Waals surface area (Å²) in [5.41, 5.74) is 2.53. The number of nitrogens with one attached hydrogen (secondary N) is 1. The number of rotatable bonds is 4. The molecule has 1 N–H and O–H groups in total. The Kier molecular flexibility index (Phi) is 5.09. The lowest BCUT2D eigenvalue weighted by atomic mass is 9.97. The van der Waals surface area contributed by atoms with E-state index in [0.717, 1.165) is 16.8 Å². The van der Waals surface area contributed by atoms with Crippen molar-refractivity contribution in [3.05, 3.63) is 102 Å². The van der Waals surface area contributed by atoms with E-state index in [1.807, 2.05) is 60.7 Å². The lowest BCUT2D eigenvalue weighted by Gasteiger charge is -2.29. The molecule has 0 saturated heterocycles. The molecule has 25 heavy (non-hydrogen) atoms. The summed E-state index contributed by atoms with van der Waals surface area (Å²) in [7, 11) is 1.74. The molecule has 0 fully saturated rings. The Labute approximate surface area is 146 Å². The largest absolute Gasteiger partial charge is 0.322 e. The fourth-order valence-corrected chi connectivity index (χ4v) is 2.77. The summed E-state index contributed by atoms with van der Waals surface area (Å²) in [6.45, 7) is 0. The number of anilines is 1. The minimum atomic E-state index is -0.314. The number of halogens is 1. The van der Waals surface area contributed by atoms with E-state index in [1.54, 1.807) is 24.1 Å². The molecule has 0 spiro atoms. The molecule has 0 radical (unpaired) electrons. The highest BCUT2D eigenvalue weighted by atomic mass is 19.1. The average molecular weight is 334 g/mol. The molecule has 0 aliphatic heterocycles. The van der Waals surface area contributed by atoms with E-state index in [0.29, 0.717) is 0 Å². The molecule has 0 aliphatic carbocycles. The van der Waals surface area contributed by atoms with Gasteiger partial charge in [-0.25, -0.2) is 9.18 Å². The molecule has 0 bridgehead atoms. The predicted octanol–water partition coefficient (Wildman–Crippen LogP) is 5.08. The summed E-state index contributed by atoms with van der Waals surface area (Å²) in [5.74, 6) is -0.299. The zero-order valence-electron chi connectivity index (χ0n) is 13.9. The molecule has 3 nitrogen and oxygen atoms in total. The van der Waals surface area contributed by atoms with Crippen molar-refractivity contribution >= 4 is 11.7 Å². The highest BCUT2D eigenvalue weighted by Gasteiger charge is 2.23. The third-order valence-electron chi connectivity index (χ3n) is 4.03. The first-order valence-corrected chi connectivity index (χ1v) is 8.04. The molecule has 3 aromatic rings. The smallest absolute Gasteiger partial charge is 0.316 e. The molecule has 0 unspecified atom stereocenters. The van der Waals surface area contributed by atoms with Crippen LogP contribution in [0.25, 0.3) is 0 Å². The van der Waals surface area contributed by atoms with E-state index in [9.17, 15) is 9.18 Å². The van der Waals surface area contributed by atoms with Crippen LogP contribution in [0.1, 0.15) is 17.2 Å². The van der Waals surface area contributed by atoms with Crippen molar-refractivity contribution in [2.45, 2.75) is 6.04 Å². The lowest BCUT2D eigenvalue weighted by molar-refractivity contribution is 0.212. The van der Waals surface area contributed by atoms with Crippen molar-refractivity contribution in [3.63, 3.8) is 0 Å². The molecule has 4 heteroatoms. The zero-order valence-corrected chi connectivity index (χ0v) is 13.9. The normalized spacial score (nSPS) is 11.6. The van der Waals surface area contributed by atoms with E-state index in [-0.39, 0.29) is 17.9 Å². The van der Waals surface area contributed by atoms with E-state index < -0.39 is 0 Å². The number of hydrogen-bond acceptors (Lipinski definition) is 1. The summed E-state index contributed by atoms with van der Waals surface area (Å²) in [6, 6.07) is 24.7. The third-order valence-corrected chi connectivity index (χ3v) is 4.03. The van der Waals surface area contributed by atoms with Crippen LogP contribution in [0.5, 0.6) is 0 Å². The van der Waals surface area contributed by atoms with Gasteiger partial charge >= 0.3 is 6.03 Å². The first-order valence-electron chi connectivity index (χ1n) is 8.04. The fourth-order valence-electron chi connectivity index (χ4n) is 2.77. The monoisotopic (exact) mass is 334 g/mol. The van der Waals surface area contributed by atoms with Crippen molar-refractivity contribution < 1.29 is 9.18 Å². The number of benzene rings is 3. The van der Waals surface area contributed by atoms with Crippen LogP contribution in [0, 0.1) is 5.82 Å². The summed E-state index contributed by atoms with van der Waals surface area (Å²) < 4.78 is 13.3. The van der Waals surface area contributed by atoms with Crippen molar-refractivity contribution in [3.8, 4) is 0 Å². The van der Waals surface area contributed by atoms with E-state index in [4.69, 9.17) is 0 Å². The molecular formula is C21H19FN2O. The van der Waals surface area contributed by atoms with Crippen LogP contribution in [-0.2, 0) is 0 Å². The van der Waals surface area contributed by atoms with Gasteiger partial charge in [0.2, 0.25) is 0 Å². The molecule has 126 valence electrons. The number of carbonyl (C=O) groups excluding carboxylic acids is 1. The number of hydrogen-bond donors (Lipinski definition) is 1. The van der Waals surface area contributed by atoms with E-state index in [2.05, 4.69) is 5.32 Å².